The fourth-order valence-corrected chi connectivity index (χ4v) is 3.55. The highest BCUT2D eigenvalue weighted by Crippen LogP contribution is 2.70. The minimum Gasteiger partial charge on any atom is -0.481 e. The molecule has 0 spiro atoms. The Kier molecular flexibility index (Phi) is 1.77. The molecule has 84 valence electrons. The highest BCUT2D eigenvalue weighted by molar-refractivity contribution is 6.00. The van der Waals surface area contributed by atoms with Crippen molar-refractivity contribution in [1.82, 2.24) is 0 Å². The van der Waals surface area contributed by atoms with Crippen molar-refractivity contribution in [2.24, 2.45) is 27.2 Å². The number of carboxylic acid groups (broad SMARTS) is 1. The zero-order valence-electron chi connectivity index (χ0n) is 9.50. The quantitative estimate of drug-likeness (QED) is 0.510. The summed E-state index contributed by atoms with van der Waals surface area (Å²) in [5.41, 5.74) is -0.175. The Morgan fingerprint density at radius 1 is 1.40 bits per heavy atom. The van der Waals surface area contributed by atoms with Crippen LogP contribution in [0.2, 0.25) is 0 Å². The Morgan fingerprint density at radius 2 is 2.00 bits per heavy atom. The monoisotopic (exact) mass is 210 g/mol. The van der Waals surface area contributed by atoms with E-state index in [1.54, 1.807) is 0 Å². The Hall–Kier alpha value is -1.06. The predicted molar refractivity (Wildman–Crippen MR) is 57.4 cm³/mol. The second-order valence-electron chi connectivity index (χ2n) is 5.60. The number of carbonyl (C=O) groups is 1. The van der Waals surface area contributed by atoms with E-state index in [1.807, 2.05) is 13.8 Å². The van der Waals surface area contributed by atoms with Gasteiger partial charge in [0.2, 0.25) is 0 Å². The molecule has 0 aromatic heterocycles. The number of hydrogen-bond acceptors (Lipinski definition) is 3. The molecule has 15 heavy (non-hydrogen) atoms. The van der Waals surface area contributed by atoms with E-state index in [1.165, 1.54) is 0 Å². The highest BCUT2D eigenvalue weighted by atomic mass is 16.4. The fraction of sp³-hybridized carbons (Fsp3) is 0.818. The van der Waals surface area contributed by atoms with Crippen LogP contribution in [-0.2, 0) is 4.79 Å². The molecule has 0 amide bonds. The lowest BCUT2D eigenvalue weighted by Gasteiger charge is -2.37. The molecule has 2 fully saturated rings. The number of rotatable bonds is 1. The van der Waals surface area contributed by atoms with Gasteiger partial charge in [0.25, 0.3) is 0 Å². The predicted octanol–water partition coefficient (Wildman–Crippen LogP) is 1.60. The number of nitrogens with zero attached hydrogens (tertiary/aromatic N) is 1. The van der Waals surface area contributed by atoms with Gasteiger partial charge in [-0.25, -0.2) is 0 Å². The van der Waals surface area contributed by atoms with Crippen LogP contribution in [-0.4, -0.2) is 16.8 Å². The van der Waals surface area contributed by atoms with Gasteiger partial charge in [-0.2, -0.15) is 5.10 Å². The maximum Gasteiger partial charge on any atom is 0.310 e. The van der Waals surface area contributed by atoms with Crippen molar-refractivity contribution in [3.63, 3.8) is 0 Å². The number of hydrogen-bond donors (Lipinski definition) is 2. The normalized spacial score (nSPS) is 44.9. The van der Waals surface area contributed by atoms with E-state index >= 15 is 0 Å². The fourth-order valence-electron chi connectivity index (χ4n) is 3.55. The first-order chi connectivity index (χ1) is 6.82. The van der Waals surface area contributed by atoms with Crippen LogP contribution in [0.25, 0.3) is 0 Å². The summed E-state index contributed by atoms with van der Waals surface area (Å²) < 4.78 is 0. The minimum atomic E-state index is -0.699. The molecule has 0 saturated heterocycles. The van der Waals surface area contributed by atoms with E-state index in [0.29, 0.717) is 6.42 Å². The van der Waals surface area contributed by atoms with Gasteiger partial charge < -0.3 is 10.9 Å². The third-order valence-electron chi connectivity index (χ3n) is 5.30. The van der Waals surface area contributed by atoms with E-state index in [0.717, 1.165) is 18.6 Å². The Bertz CT molecular complexity index is 362. The van der Waals surface area contributed by atoms with E-state index in [2.05, 4.69) is 12.0 Å². The SMILES string of the molecule is CC1(C)[C@@]2(C(=O)O)CC[C@@]1(C)/C(=N/N)C2. The van der Waals surface area contributed by atoms with Crippen molar-refractivity contribution in [2.45, 2.75) is 40.0 Å². The topological polar surface area (TPSA) is 75.7 Å². The van der Waals surface area contributed by atoms with Crippen molar-refractivity contribution in [2.75, 3.05) is 0 Å². The molecule has 0 radical (unpaired) electrons. The van der Waals surface area contributed by atoms with Gasteiger partial charge in [0.15, 0.2) is 0 Å². The summed E-state index contributed by atoms with van der Waals surface area (Å²) in [7, 11) is 0. The molecule has 0 heterocycles. The van der Waals surface area contributed by atoms with Gasteiger partial charge in [-0.05, 0) is 18.3 Å². The van der Waals surface area contributed by atoms with Crippen molar-refractivity contribution in [1.29, 1.82) is 0 Å². The van der Waals surface area contributed by atoms with Gasteiger partial charge >= 0.3 is 5.97 Å². The van der Waals surface area contributed by atoms with Gasteiger partial charge in [-0.1, -0.05) is 20.8 Å². The molecule has 4 heteroatoms. The van der Waals surface area contributed by atoms with Gasteiger partial charge in [-0.3, -0.25) is 4.79 Å². The lowest BCUT2D eigenvalue weighted by Crippen LogP contribution is -2.40. The molecule has 2 aliphatic rings. The molecule has 2 atom stereocenters. The lowest BCUT2D eigenvalue weighted by molar-refractivity contribution is -0.154. The summed E-state index contributed by atoms with van der Waals surface area (Å²) in [5, 5.41) is 13.3. The molecule has 0 unspecified atom stereocenters. The standard InChI is InChI=1S/C11H18N2O2/c1-9(2)10(3)4-5-11(9,8(14)15)6-7(10)13-12/h4-6,12H2,1-3H3,(H,14,15)/b13-7+/t10-,11-/m0/s1. The largest absolute Gasteiger partial charge is 0.481 e. The molecular formula is C11H18N2O2. The molecule has 2 aliphatic carbocycles. The van der Waals surface area contributed by atoms with Crippen LogP contribution in [0.5, 0.6) is 0 Å². The van der Waals surface area contributed by atoms with Gasteiger partial charge in [0.1, 0.15) is 0 Å². The first kappa shape index (κ1) is 10.5. The minimum absolute atomic E-state index is 0.139. The van der Waals surface area contributed by atoms with Crippen LogP contribution < -0.4 is 5.84 Å². The second-order valence-corrected chi connectivity index (χ2v) is 5.60. The van der Waals surface area contributed by atoms with Crippen molar-refractivity contribution in [3.05, 3.63) is 0 Å². The number of fused-ring (bicyclic) bond motifs is 2. The molecule has 0 aliphatic heterocycles. The lowest BCUT2D eigenvalue weighted by atomic mass is 9.65. The summed E-state index contributed by atoms with van der Waals surface area (Å²) in [6, 6.07) is 0. The van der Waals surface area contributed by atoms with Crippen LogP contribution in [0.4, 0.5) is 0 Å². The van der Waals surface area contributed by atoms with E-state index in [4.69, 9.17) is 5.84 Å². The first-order valence-electron chi connectivity index (χ1n) is 5.32. The van der Waals surface area contributed by atoms with Crippen LogP contribution in [0, 0.1) is 16.2 Å². The smallest absolute Gasteiger partial charge is 0.310 e. The Morgan fingerprint density at radius 3 is 2.33 bits per heavy atom. The average molecular weight is 210 g/mol. The third-order valence-corrected chi connectivity index (χ3v) is 5.30. The van der Waals surface area contributed by atoms with Gasteiger partial charge in [0, 0.05) is 17.5 Å². The average Bonchev–Trinajstić information content (AvgIpc) is 2.46. The van der Waals surface area contributed by atoms with Crippen LogP contribution in [0.1, 0.15) is 40.0 Å². The maximum absolute atomic E-state index is 11.5. The summed E-state index contributed by atoms with van der Waals surface area (Å²) in [6.07, 6.45) is 2.13. The molecule has 2 saturated carbocycles. The maximum atomic E-state index is 11.5. The third kappa shape index (κ3) is 0.840. The van der Waals surface area contributed by atoms with Crippen molar-refractivity contribution >= 4 is 11.7 Å². The summed E-state index contributed by atoms with van der Waals surface area (Å²) in [4.78, 5) is 11.5. The van der Waals surface area contributed by atoms with Crippen LogP contribution >= 0.6 is 0 Å². The van der Waals surface area contributed by atoms with Crippen molar-refractivity contribution < 1.29 is 9.90 Å². The van der Waals surface area contributed by atoms with Crippen LogP contribution in [0.3, 0.4) is 0 Å². The molecule has 2 rings (SSSR count). The molecular weight excluding hydrogens is 192 g/mol. The zero-order chi connectivity index (χ0) is 11.5. The summed E-state index contributed by atoms with van der Waals surface area (Å²) in [5.74, 6) is 4.68. The highest BCUT2D eigenvalue weighted by Gasteiger charge is 2.71. The van der Waals surface area contributed by atoms with E-state index < -0.39 is 11.4 Å². The molecule has 4 nitrogen and oxygen atoms in total. The van der Waals surface area contributed by atoms with Gasteiger partial charge in [0.05, 0.1) is 5.41 Å². The van der Waals surface area contributed by atoms with E-state index in [-0.39, 0.29) is 10.8 Å². The molecule has 0 aromatic rings. The van der Waals surface area contributed by atoms with E-state index in [9.17, 15) is 9.90 Å². The first-order valence-corrected chi connectivity index (χ1v) is 5.32. The zero-order valence-corrected chi connectivity index (χ0v) is 9.50. The Balaban J connectivity index is 2.61. The number of hydrazone groups is 1. The van der Waals surface area contributed by atoms with Crippen LogP contribution in [0.15, 0.2) is 5.10 Å². The number of carboxylic acids is 1. The molecule has 0 aromatic carbocycles. The molecule has 3 N–H and O–H groups in total. The van der Waals surface area contributed by atoms with Crippen molar-refractivity contribution in [3.8, 4) is 0 Å². The molecule has 2 bridgehead atoms. The Labute approximate surface area is 89.5 Å². The van der Waals surface area contributed by atoms with Gasteiger partial charge in [-0.15, -0.1) is 0 Å². The summed E-state index contributed by atoms with van der Waals surface area (Å²) >= 11 is 0. The summed E-state index contributed by atoms with van der Waals surface area (Å²) in [6.45, 7) is 6.16. The second kappa shape index (κ2) is 2.54. The number of aliphatic carboxylic acids is 1. The number of nitrogens with two attached hydrogens (primary N) is 1.